The third-order valence-corrected chi connectivity index (χ3v) is 4.19. The van der Waals surface area contributed by atoms with Crippen molar-refractivity contribution in [3.63, 3.8) is 0 Å². The van der Waals surface area contributed by atoms with Crippen molar-refractivity contribution in [3.8, 4) is 0 Å². The van der Waals surface area contributed by atoms with Gasteiger partial charge in [-0.05, 0) is 44.3 Å². The van der Waals surface area contributed by atoms with E-state index in [0.717, 1.165) is 12.5 Å². The molecule has 1 heterocycles. The van der Waals surface area contributed by atoms with Gasteiger partial charge in [0.05, 0.1) is 0 Å². The molecular formula is C17H28N2. The van der Waals surface area contributed by atoms with Crippen LogP contribution in [0.15, 0.2) is 30.3 Å². The van der Waals surface area contributed by atoms with Crippen molar-refractivity contribution in [2.24, 2.45) is 5.92 Å². The molecule has 2 rings (SSSR count). The fourth-order valence-electron chi connectivity index (χ4n) is 2.96. The van der Waals surface area contributed by atoms with E-state index in [1.54, 1.807) is 0 Å². The number of nitrogens with zero attached hydrogens (tertiary/aromatic N) is 1. The lowest BCUT2D eigenvalue weighted by molar-refractivity contribution is 0.129. The van der Waals surface area contributed by atoms with Gasteiger partial charge in [-0.15, -0.1) is 0 Å². The molecule has 1 fully saturated rings. The average molecular weight is 260 g/mol. The molecule has 0 spiro atoms. The van der Waals surface area contributed by atoms with Gasteiger partial charge in [-0.1, -0.05) is 44.2 Å². The molecule has 106 valence electrons. The summed E-state index contributed by atoms with van der Waals surface area (Å²) in [6.07, 6.45) is 2.71. The molecule has 2 heteroatoms. The summed E-state index contributed by atoms with van der Waals surface area (Å²) in [6.45, 7) is 10.4. The number of benzene rings is 1. The highest BCUT2D eigenvalue weighted by Crippen LogP contribution is 2.26. The maximum absolute atomic E-state index is 3.59. The van der Waals surface area contributed by atoms with Crippen molar-refractivity contribution < 1.29 is 0 Å². The fourth-order valence-corrected chi connectivity index (χ4v) is 2.96. The lowest BCUT2D eigenvalue weighted by Crippen LogP contribution is -2.41. The quantitative estimate of drug-likeness (QED) is 0.872. The molecule has 19 heavy (non-hydrogen) atoms. The molecule has 1 aliphatic rings. The van der Waals surface area contributed by atoms with E-state index in [-0.39, 0.29) is 0 Å². The lowest BCUT2D eigenvalue weighted by Gasteiger charge is -2.37. The highest BCUT2D eigenvalue weighted by molar-refractivity contribution is 5.18. The van der Waals surface area contributed by atoms with Crippen LogP contribution in [0.5, 0.6) is 0 Å². The number of piperidine rings is 1. The highest BCUT2D eigenvalue weighted by atomic mass is 15.2. The zero-order valence-electron chi connectivity index (χ0n) is 12.6. The number of hydrogen-bond donors (Lipinski definition) is 1. The molecule has 0 saturated carbocycles. The minimum absolute atomic E-state index is 0.544. The van der Waals surface area contributed by atoms with Crippen LogP contribution in [-0.2, 0) is 0 Å². The van der Waals surface area contributed by atoms with E-state index in [0.29, 0.717) is 12.1 Å². The van der Waals surface area contributed by atoms with E-state index >= 15 is 0 Å². The fraction of sp³-hybridized carbons (Fsp3) is 0.647. The monoisotopic (exact) mass is 260 g/mol. The van der Waals surface area contributed by atoms with Crippen LogP contribution in [0.25, 0.3) is 0 Å². The normalized spacial score (nSPS) is 22.6. The first-order valence-electron chi connectivity index (χ1n) is 7.69. The van der Waals surface area contributed by atoms with Crippen molar-refractivity contribution in [1.29, 1.82) is 0 Å². The average Bonchev–Trinajstić information content (AvgIpc) is 2.45. The SMILES string of the molecule is CC(C)NCC1CCCN(C(C)c2ccccc2)C1. The molecular weight excluding hydrogens is 232 g/mol. The zero-order chi connectivity index (χ0) is 13.7. The predicted octanol–water partition coefficient (Wildman–Crippen LogP) is 3.46. The van der Waals surface area contributed by atoms with Crippen molar-refractivity contribution in [3.05, 3.63) is 35.9 Å². The standard InChI is InChI=1S/C17H28N2/c1-14(2)18-12-16-8-7-11-19(13-16)15(3)17-9-5-4-6-10-17/h4-6,9-10,14-16,18H,7-8,11-13H2,1-3H3. The Hall–Kier alpha value is -0.860. The van der Waals surface area contributed by atoms with Gasteiger partial charge in [-0.2, -0.15) is 0 Å². The van der Waals surface area contributed by atoms with Gasteiger partial charge in [0.1, 0.15) is 0 Å². The van der Waals surface area contributed by atoms with E-state index in [9.17, 15) is 0 Å². The topological polar surface area (TPSA) is 15.3 Å². The summed E-state index contributed by atoms with van der Waals surface area (Å²) in [5.41, 5.74) is 1.44. The molecule has 0 aliphatic carbocycles. The second-order valence-electron chi connectivity index (χ2n) is 6.15. The van der Waals surface area contributed by atoms with E-state index in [2.05, 4.69) is 61.3 Å². The van der Waals surface area contributed by atoms with Gasteiger partial charge < -0.3 is 5.32 Å². The van der Waals surface area contributed by atoms with Crippen molar-refractivity contribution in [1.82, 2.24) is 10.2 Å². The van der Waals surface area contributed by atoms with Crippen molar-refractivity contribution in [2.75, 3.05) is 19.6 Å². The van der Waals surface area contributed by atoms with E-state index in [1.807, 2.05) is 0 Å². The van der Waals surface area contributed by atoms with Gasteiger partial charge >= 0.3 is 0 Å². The summed E-state index contributed by atoms with van der Waals surface area (Å²) in [7, 11) is 0. The molecule has 2 nitrogen and oxygen atoms in total. The Morgan fingerprint density at radius 2 is 1.95 bits per heavy atom. The Morgan fingerprint density at radius 1 is 1.21 bits per heavy atom. The van der Waals surface area contributed by atoms with Gasteiger partial charge in [-0.3, -0.25) is 4.90 Å². The van der Waals surface area contributed by atoms with Gasteiger partial charge in [0, 0.05) is 18.6 Å². The third kappa shape index (κ3) is 4.32. The van der Waals surface area contributed by atoms with Crippen LogP contribution in [0.1, 0.15) is 45.2 Å². The number of likely N-dealkylation sites (tertiary alicyclic amines) is 1. The second-order valence-corrected chi connectivity index (χ2v) is 6.15. The smallest absolute Gasteiger partial charge is 0.0320 e. The van der Waals surface area contributed by atoms with Crippen LogP contribution in [0.3, 0.4) is 0 Å². The maximum Gasteiger partial charge on any atom is 0.0320 e. The third-order valence-electron chi connectivity index (χ3n) is 4.19. The van der Waals surface area contributed by atoms with Crippen LogP contribution in [0.2, 0.25) is 0 Å². The summed E-state index contributed by atoms with van der Waals surface area (Å²) in [6, 6.07) is 12.0. The molecule has 0 bridgehead atoms. The minimum atomic E-state index is 0.544. The molecule has 0 amide bonds. The van der Waals surface area contributed by atoms with E-state index in [1.165, 1.54) is 31.5 Å². The highest BCUT2D eigenvalue weighted by Gasteiger charge is 2.24. The van der Waals surface area contributed by atoms with E-state index in [4.69, 9.17) is 0 Å². The molecule has 2 atom stereocenters. The van der Waals surface area contributed by atoms with Gasteiger partial charge in [-0.25, -0.2) is 0 Å². The summed E-state index contributed by atoms with van der Waals surface area (Å²) >= 11 is 0. The molecule has 0 radical (unpaired) electrons. The maximum atomic E-state index is 3.59. The second kappa shape index (κ2) is 7.06. The molecule has 1 N–H and O–H groups in total. The van der Waals surface area contributed by atoms with Crippen LogP contribution in [0.4, 0.5) is 0 Å². The predicted molar refractivity (Wildman–Crippen MR) is 82.3 cm³/mol. The van der Waals surface area contributed by atoms with Crippen LogP contribution >= 0.6 is 0 Å². The first-order chi connectivity index (χ1) is 9.16. The van der Waals surface area contributed by atoms with Crippen LogP contribution in [0, 0.1) is 5.92 Å². The Kier molecular flexibility index (Phi) is 5.41. The van der Waals surface area contributed by atoms with Gasteiger partial charge in [0.15, 0.2) is 0 Å². The summed E-state index contributed by atoms with van der Waals surface area (Å²) < 4.78 is 0. The van der Waals surface area contributed by atoms with Crippen molar-refractivity contribution in [2.45, 2.75) is 45.7 Å². The van der Waals surface area contributed by atoms with Crippen molar-refractivity contribution >= 4 is 0 Å². The molecule has 1 aliphatic heterocycles. The number of hydrogen-bond acceptors (Lipinski definition) is 2. The molecule has 0 aromatic heterocycles. The van der Waals surface area contributed by atoms with Gasteiger partial charge in [0.2, 0.25) is 0 Å². The van der Waals surface area contributed by atoms with E-state index < -0.39 is 0 Å². The van der Waals surface area contributed by atoms with Crippen LogP contribution in [-0.4, -0.2) is 30.6 Å². The summed E-state index contributed by atoms with van der Waals surface area (Å²) in [5.74, 6) is 0.808. The first-order valence-corrected chi connectivity index (χ1v) is 7.69. The largest absolute Gasteiger partial charge is 0.314 e. The molecule has 1 aromatic rings. The first kappa shape index (κ1) is 14.5. The molecule has 2 unspecified atom stereocenters. The minimum Gasteiger partial charge on any atom is -0.314 e. The molecule has 1 saturated heterocycles. The lowest BCUT2D eigenvalue weighted by atomic mass is 9.95. The zero-order valence-corrected chi connectivity index (χ0v) is 12.6. The van der Waals surface area contributed by atoms with Crippen LogP contribution < -0.4 is 5.32 Å². The van der Waals surface area contributed by atoms with Gasteiger partial charge in [0.25, 0.3) is 0 Å². The Bertz CT molecular complexity index is 361. The molecule has 1 aromatic carbocycles. The summed E-state index contributed by atoms with van der Waals surface area (Å²) in [4.78, 5) is 2.64. The number of rotatable bonds is 5. The number of nitrogens with one attached hydrogen (secondary N) is 1. The Labute approximate surface area is 118 Å². The summed E-state index contributed by atoms with van der Waals surface area (Å²) in [5, 5.41) is 3.59. The Balaban J connectivity index is 1.90. The Morgan fingerprint density at radius 3 is 2.63 bits per heavy atom.